The Morgan fingerprint density at radius 3 is 2.71 bits per heavy atom. The van der Waals surface area contributed by atoms with Crippen LogP contribution in [0.15, 0.2) is 12.4 Å². The molecule has 0 saturated carbocycles. The normalized spacial score (nSPS) is 14.3. The van der Waals surface area contributed by atoms with E-state index in [-0.39, 0.29) is 0 Å². The molecule has 1 unspecified atom stereocenters. The largest absolute Gasteiger partial charge is 0.383 e. The molecule has 1 aromatic heterocycles. The van der Waals surface area contributed by atoms with Gasteiger partial charge in [-0.2, -0.15) is 5.10 Å². The fraction of sp³-hybridized carbons (Fsp3) is 0.824. The molecule has 0 bridgehead atoms. The van der Waals surface area contributed by atoms with Crippen molar-refractivity contribution in [3.8, 4) is 0 Å². The van der Waals surface area contributed by atoms with Crippen LogP contribution in [0.5, 0.6) is 0 Å². The second-order valence-electron chi connectivity index (χ2n) is 6.01. The van der Waals surface area contributed by atoms with Crippen LogP contribution >= 0.6 is 0 Å². The minimum Gasteiger partial charge on any atom is -0.383 e. The predicted octanol–water partition coefficient (Wildman–Crippen LogP) is 3.27. The van der Waals surface area contributed by atoms with Gasteiger partial charge in [-0.1, -0.05) is 26.7 Å². The summed E-state index contributed by atoms with van der Waals surface area (Å²) in [5.41, 5.74) is 1.70. The lowest BCUT2D eigenvalue weighted by molar-refractivity contribution is 0.182. The summed E-state index contributed by atoms with van der Waals surface area (Å²) in [6.45, 7) is 10.4. The number of unbranched alkanes of at least 4 members (excludes halogenated alkanes) is 1. The van der Waals surface area contributed by atoms with Crippen LogP contribution in [0.25, 0.3) is 0 Å². The van der Waals surface area contributed by atoms with Gasteiger partial charge in [-0.05, 0) is 37.2 Å². The third kappa shape index (κ3) is 6.18. The summed E-state index contributed by atoms with van der Waals surface area (Å²) < 4.78 is 7.15. The van der Waals surface area contributed by atoms with Crippen LogP contribution < -0.4 is 5.32 Å². The first kappa shape index (κ1) is 18.2. The zero-order valence-electron chi connectivity index (χ0n) is 14.3. The van der Waals surface area contributed by atoms with Crippen molar-refractivity contribution in [2.75, 3.05) is 26.8 Å². The monoisotopic (exact) mass is 295 g/mol. The van der Waals surface area contributed by atoms with E-state index in [2.05, 4.69) is 37.4 Å². The Hall–Kier alpha value is -0.870. The zero-order chi connectivity index (χ0) is 15.6. The Kier molecular flexibility index (Phi) is 8.62. The lowest BCUT2D eigenvalue weighted by Gasteiger charge is -2.33. The lowest BCUT2D eigenvalue weighted by Crippen LogP contribution is -2.37. The van der Waals surface area contributed by atoms with Gasteiger partial charge in [0.15, 0.2) is 0 Å². The van der Waals surface area contributed by atoms with Crippen LogP contribution in [0.4, 0.5) is 0 Å². The minimum absolute atomic E-state index is 0.339. The molecule has 0 amide bonds. The SMILES string of the molecule is CCCCC(CC)(CNCCOC)Cc1cnn(CC)c1. The highest BCUT2D eigenvalue weighted by Crippen LogP contribution is 2.32. The average molecular weight is 295 g/mol. The van der Waals surface area contributed by atoms with Crippen LogP contribution in [-0.2, 0) is 17.7 Å². The molecule has 1 N–H and O–H groups in total. The van der Waals surface area contributed by atoms with E-state index in [1.165, 1.54) is 31.2 Å². The van der Waals surface area contributed by atoms with Gasteiger partial charge >= 0.3 is 0 Å². The van der Waals surface area contributed by atoms with Gasteiger partial charge in [-0.3, -0.25) is 4.68 Å². The number of nitrogens with one attached hydrogen (secondary N) is 1. The van der Waals surface area contributed by atoms with Crippen molar-refractivity contribution in [2.24, 2.45) is 5.41 Å². The molecule has 1 heterocycles. The third-order valence-electron chi connectivity index (χ3n) is 4.38. The Balaban J connectivity index is 2.68. The van der Waals surface area contributed by atoms with Crippen LogP contribution in [0, 0.1) is 5.41 Å². The highest BCUT2D eigenvalue weighted by Gasteiger charge is 2.28. The Bertz CT molecular complexity index is 378. The highest BCUT2D eigenvalue weighted by atomic mass is 16.5. The van der Waals surface area contributed by atoms with Crippen molar-refractivity contribution in [3.05, 3.63) is 18.0 Å². The van der Waals surface area contributed by atoms with Crippen molar-refractivity contribution in [1.82, 2.24) is 15.1 Å². The van der Waals surface area contributed by atoms with Crippen LogP contribution in [0.2, 0.25) is 0 Å². The summed E-state index contributed by atoms with van der Waals surface area (Å²) in [7, 11) is 1.75. The molecule has 1 atom stereocenters. The zero-order valence-corrected chi connectivity index (χ0v) is 14.3. The Morgan fingerprint density at radius 2 is 2.14 bits per heavy atom. The summed E-state index contributed by atoms with van der Waals surface area (Å²) >= 11 is 0. The number of ether oxygens (including phenoxy) is 1. The molecule has 4 nitrogen and oxygen atoms in total. The molecule has 0 aliphatic heterocycles. The van der Waals surface area contributed by atoms with Crippen LogP contribution in [0.3, 0.4) is 0 Å². The maximum atomic E-state index is 5.13. The number of aryl methyl sites for hydroxylation is 1. The van der Waals surface area contributed by atoms with E-state index in [4.69, 9.17) is 4.74 Å². The van der Waals surface area contributed by atoms with Crippen LogP contribution in [-0.4, -0.2) is 36.6 Å². The number of hydrogen-bond acceptors (Lipinski definition) is 3. The second-order valence-corrected chi connectivity index (χ2v) is 6.01. The fourth-order valence-electron chi connectivity index (χ4n) is 2.85. The molecule has 0 aromatic carbocycles. The predicted molar refractivity (Wildman–Crippen MR) is 88.6 cm³/mol. The first-order valence-corrected chi connectivity index (χ1v) is 8.40. The Labute approximate surface area is 130 Å². The number of nitrogens with zero attached hydrogens (tertiary/aromatic N) is 2. The molecule has 21 heavy (non-hydrogen) atoms. The molecule has 0 aliphatic carbocycles. The molecule has 4 heteroatoms. The van der Waals surface area contributed by atoms with E-state index >= 15 is 0 Å². The van der Waals surface area contributed by atoms with Gasteiger partial charge in [0.1, 0.15) is 0 Å². The molecule has 0 saturated heterocycles. The van der Waals surface area contributed by atoms with Crippen molar-refractivity contribution < 1.29 is 4.74 Å². The molecule has 0 fully saturated rings. The molecule has 0 spiro atoms. The number of rotatable bonds is 12. The van der Waals surface area contributed by atoms with E-state index in [1.54, 1.807) is 7.11 Å². The van der Waals surface area contributed by atoms with Gasteiger partial charge in [-0.15, -0.1) is 0 Å². The molecule has 1 aromatic rings. The summed E-state index contributed by atoms with van der Waals surface area (Å²) in [5.74, 6) is 0. The van der Waals surface area contributed by atoms with E-state index in [1.807, 2.05) is 10.9 Å². The molecular formula is C17H33N3O. The van der Waals surface area contributed by atoms with Crippen LogP contribution in [0.1, 0.15) is 52.0 Å². The fourth-order valence-corrected chi connectivity index (χ4v) is 2.85. The average Bonchev–Trinajstić information content (AvgIpc) is 2.96. The molecular weight excluding hydrogens is 262 g/mol. The van der Waals surface area contributed by atoms with Gasteiger partial charge in [0.2, 0.25) is 0 Å². The molecule has 0 aliphatic rings. The van der Waals surface area contributed by atoms with Crippen molar-refractivity contribution in [1.29, 1.82) is 0 Å². The van der Waals surface area contributed by atoms with Gasteiger partial charge in [0.05, 0.1) is 12.8 Å². The van der Waals surface area contributed by atoms with Gasteiger partial charge in [0.25, 0.3) is 0 Å². The van der Waals surface area contributed by atoms with E-state index < -0.39 is 0 Å². The molecule has 1 rings (SSSR count). The number of hydrogen-bond donors (Lipinski definition) is 1. The van der Waals surface area contributed by atoms with E-state index in [0.29, 0.717) is 5.41 Å². The molecule has 122 valence electrons. The third-order valence-corrected chi connectivity index (χ3v) is 4.38. The van der Waals surface area contributed by atoms with Crippen molar-refractivity contribution in [3.63, 3.8) is 0 Å². The highest BCUT2D eigenvalue weighted by molar-refractivity contribution is 5.08. The second kappa shape index (κ2) is 9.96. The number of methoxy groups -OCH3 is 1. The van der Waals surface area contributed by atoms with E-state index in [0.717, 1.165) is 32.7 Å². The maximum Gasteiger partial charge on any atom is 0.0587 e. The first-order chi connectivity index (χ1) is 10.2. The van der Waals surface area contributed by atoms with Gasteiger partial charge in [0, 0.05) is 32.9 Å². The first-order valence-electron chi connectivity index (χ1n) is 8.40. The quantitative estimate of drug-likeness (QED) is 0.602. The molecule has 0 radical (unpaired) electrons. The summed E-state index contributed by atoms with van der Waals surface area (Å²) in [6, 6.07) is 0. The summed E-state index contributed by atoms with van der Waals surface area (Å²) in [6.07, 6.45) is 10.4. The Morgan fingerprint density at radius 1 is 1.33 bits per heavy atom. The van der Waals surface area contributed by atoms with Crippen molar-refractivity contribution >= 4 is 0 Å². The number of aromatic nitrogens is 2. The maximum absolute atomic E-state index is 5.13. The lowest BCUT2D eigenvalue weighted by atomic mass is 9.75. The standard InChI is InChI=1S/C17H33N3O/c1-5-8-9-17(6-2,15-18-10-11-21-4)12-16-13-19-20(7-3)14-16/h13-14,18H,5-12,15H2,1-4H3. The van der Waals surface area contributed by atoms with Crippen molar-refractivity contribution in [2.45, 2.75) is 59.4 Å². The van der Waals surface area contributed by atoms with Gasteiger partial charge < -0.3 is 10.1 Å². The topological polar surface area (TPSA) is 39.1 Å². The minimum atomic E-state index is 0.339. The summed E-state index contributed by atoms with van der Waals surface area (Å²) in [5, 5.41) is 8.00. The summed E-state index contributed by atoms with van der Waals surface area (Å²) in [4.78, 5) is 0. The smallest absolute Gasteiger partial charge is 0.0587 e. The van der Waals surface area contributed by atoms with Gasteiger partial charge in [-0.25, -0.2) is 0 Å². The van der Waals surface area contributed by atoms with E-state index in [9.17, 15) is 0 Å².